The minimum absolute atomic E-state index is 0.236. The zero-order chi connectivity index (χ0) is 17.0. The van der Waals surface area contributed by atoms with E-state index in [9.17, 15) is 14.7 Å². The monoisotopic (exact) mass is 313 g/mol. The molecule has 5 nitrogen and oxygen atoms in total. The largest absolute Gasteiger partial charge is 0.478 e. The van der Waals surface area contributed by atoms with Gasteiger partial charge in [-0.25, -0.2) is 9.59 Å². The zero-order valence-corrected chi connectivity index (χ0v) is 13.3. The molecule has 0 saturated heterocycles. The number of hydrogen-bond donors (Lipinski definition) is 2. The number of carboxylic acids is 1. The lowest BCUT2D eigenvalue weighted by Crippen LogP contribution is -2.27. The van der Waals surface area contributed by atoms with Gasteiger partial charge in [0.15, 0.2) is 0 Å². The summed E-state index contributed by atoms with van der Waals surface area (Å²) >= 11 is 0. The summed E-state index contributed by atoms with van der Waals surface area (Å²) in [5.74, 6) is -0.975. The maximum Gasteiger partial charge on any atom is 0.412 e. The van der Waals surface area contributed by atoms with Crippen molar-refractivity contribution in [2.45, 2.75) is 26.4 Å². The maximum atomic E-state index is 11.7. The molecule has 0 unspecified atom stereocenters. The van der Waals surface area contributed by atoms with Crippen LogP contribution in [0.15, 0.2) is 48.5 Å². The average molecular weight is 313 g/mol. The molecular weight excluding hydrogens is 294 g/mol. The highest BCUT2D eigenvalue weighted by molar-refractivity contribution is 5.96. The normalized spacial score (nSPS) is 10.9. The van der Waals surface area contributed by atoms with Crippen molar-refractivity contribution < 1.29 is 19.4 Å². The molecule has 1 amide bonds. The Kier molecular flexibility index (Phi) is 4.69. The van der Waals surface area contributed by atoms with E-state index in [0.717, 1.165) is 5.56 Å². The Morgan fingerprint density at radius 1 is 1.00 bits per heavy atom. The van der Waals surface area contributed by atoms with Crippen molar-refractivity contribution in [2.24, 2.45) is 0 Å². The molecule has 0 aliphatic rings. The highest BCUT2D eigenvalue weighted by atomic mass is 16.6. The number of carbonyl (C=O) groups is 2. The zero-order valence-electron chi connectivity index (χ0n) is 13.3. The topological polar surface area (TPSA) is 75.6 Å². The third-order valence-electron chi connectivity index (χ3n) is 3.00. The minimum Gasteiger partial charge on any atom is -0.478 e. The number of anilines is 1. The Hall–Kier alpha value is -2.82. The third kappa shape index (κ3) is 4.57. The smallest absolute Gasteiger partial charge is 0.412 e. The van der Waals surface area contributed by atoms with E-state index in [1.54, 1.807) is 69.3 Å². The van der Waals surface area contributed by atoms with Crippen LogP contribution in [0.25, 0.3) is 11.1 Å². The summed E-state index contributed by atoms with van der Waals surface area (Å²) in [7, 11) is 0. The van der Waals surface area contributed by atoms with Gasteiger partial charge in [-0.15, -0.1) is 0 Å². The summed E-state index contributed by atoms with van der Waals surface area (Å²) < 4.78 is 5.18. The molecule has 0 aliphatic carbocycles. The van der Waals surface area contributed by atoms with E-state index in [2.05, 4.69) is 5.32 Å². The van der Waals surface area contributed by atoms with Crippen LogP contribution in [0, 0.1) is 0 Å². The first kappa shape index (κ1) is 16.5. The van der Waals surface area contributed by atoms with Crippen LogP contribution in [0.1, 0.15) is 31.1 Å². The summed E-state index contributed by atoms with van der Waals surface area (Å²) in [6.45, 7) is 5.37. The Morgan fingerprint density at radius 2 is 1.61 bits per heavy atom. The van der Waals surface area contributed by atoms with Gasteiger partial charge in [-0.3, -0.25) is 5.32 Å². The fraction of sp³-hybridized carbons (Fsp3) is 0.222. The molecule has 0 heterocycles. The molecule has 2 aromatic rings. The van der Waals surface area contributed by atoms with Crippen LogP contribution < -0.4 is 5.32 Å². The lowest BCUT2D eigenvalue weighted by Gasteiger charge is -2.19. The number of ether oxygens (including phenoxy) is 1. The minimum atomic E-state index is -0.975. The summed E-state index contributed by atoms with van der Waals surface area (Å²) in [5.41, 5.74) is 1.64. The first-order chi connectivity index (χ1) is 10.8. The Morgan fingerprint density at radius 3 is 2.17 bits per heavy atom. The molecule has 5 heteroatoms. The van der Waals surface area contributed by atoms with E-state index in [1.807, 2.05) is 0 Å². The summed E-state index contributed by atoms with van der Waals surface area (Å²) in [6.07, 6.45) is -0.531. The number of carboxylic acid groups (broad SMARTS) is 1. The molecule has 2 aromatic carbocycles. The van der Waals surface area contributed by atoms with Gasteiger partial charge in [-0.1, -0.05) is 30.3 Å². The first-order valence-corrected chi connectivity index (χ1v) is 7.19. The average Bonchev–Trinajstić information content (AvgIpc) is 2.46. The molecule has 0 atom stereocenters. The van der Waals surface area contributed by atoms with Gasteiger partial charge in [0, 0.05) is 5.69 Å². The van der Waals surface area contributed by atoms with Crippen LogP contribution in [-0.2, 0) is 4.74 Å². The lowest BCUT2D eigenvalue weighted by molar-refractivity contribution is 0.0634. The first-order valence-electron chi connectivity index (χ1n) is 7.19. The summed E-state index contributed by atoms with van der Waals surface area (Å²) in [6, 6.07) is 13.7. The molecule has 0 aromatic heterocycles. The maximum absolute atomic E-state index is 11.7. The second-order valence-electron chi connectivity index (χ2n) is 6.05. The van der Waals surface area contributed by atoms with Gasteiger partial charge >= 0.3 is 12.1 Å². The number of aromatic carboxylic acids is 1. The molecule has 120 valence electrons. The Balaban J connectivity index is 2.18. The molecule has 0 fully saturated rings. The van der Waals surface area contributed by atoms with Gasteiger partial charge in [0.1, 0.15) is 5.60 Å². The Bertz CT molecular complexity index is 715. The van der Waals surface area contributed by atoms with Gasteiger partial charge in [-0.05, 0) is 50.1 Å². The number of rotatable bonds is 3. The van der Waals surface area contributed by atoms with Crippen molar-refractivity contribution >= 4 is 17.7 Å². The third-order valence-corrected chi connectivity index (χ3v) is 3.00. The molecule has 0 spiro atoms. The van der Waals surface area contributed by atoms with Crippen LogP contribution >= 0.6 is 0 Å². The quantitative estimate of drug-likeness (QED) is 0.880. The molecule has 2 rings (SSSR count). The molecule has 0 bridgehead atoms. The number of carbonyl (C=O) groups excluding carboxylic acids is 1. The van der Waals surface area contributed by atoms with Crippen molar-refractivity contribution in [1.82, 2.24) is 0 Å². The van der Waals surface area contributed by atoms with Crippen molar-refractivity contribution in [2.75, 3.05) is 5.32 Å². The highest BCUT2D eigenvalue weighted by Gasteiger charge is 2.16. The molecule has 0 saturated carbocycles. The summed E-state index contributed by atoms with van der Waals surface area (Å²) in [4.78, 5) is 23.0. The number of nitrogens with one attached hydrogen (secondary N) is 1. The predicted molar refractivity (Wildman–Crippen MR) is 88.7 cm³/mol. The van der Waals surface area contributed by atoms with E-state index >= 15 is 0 Å². The fourth-order valence-corrected chi connectivity index (χ4v) is 2.08. The van der Waals surface area contributed by atoms with Crippen LogP contribution in [0.5, 0.6) is 0 Å². The highest BCUT2D eigenvalue weighted by Crippen LogP contribution is 2.25. The van der Waals surface area contributed by atoms with Crippen molar-refractivity contribution in [3.8, 4) is 11.1 Å². The Labute approximate surface area is 134 Å². The van der Waals surface area contributed by atoms with E-state index in [0.29, 0.717) is 11.3 Å². The van der Waals surface area contributed by atoms with Crippen LogP contribution in [-0.4, -0.2) is 22.8 Å². The van der Waals surface area contributed by atoms with Gasteiger partial charge < -0.3 is 9.84 Å². The van der Waals surface area contributed by atoms with E-state index in [4.69, 9.17) is 4.74 Å². The number of benzene rings is 2. The van der Waals surface area contributed by atoms with Crippen LogP contribution in [0.2, 0.25) is 0 Å². The van der Waals surface area contributed by atoms with Crippen molar-refractivity contribution in [3.63, 3.8) is 0 Å². The van der Waals surface area contributed by atoms with Gasteiger partial charge in [0.2, 0.25) is 0 Å². The number of amides is 1. The van der Waals surface area contributed by atoms with Crippen LogP contribution in [0.4, 0.5) is 10.5 Å². The SMILES string of the molecule is CC(C)(C)OC(=O)Nc1ccc(-c2ccccc2C(=O)O)cc1. The molecular formula is C18H19NO4. The van der Waals surface area contributed by atoms with Crippen LogP contribution in [0.3, 0.4) is 0 Å². The van der Waals surface area contributed by atoms with E-state index in [1.165, 1.54) is 0 Å². The predicted octanol–water partition coefficient (Wildman–Crippen LogP) is 4.40. The molecule has 2 N–H and O–H groups in total. The standard InChI is InChI=1S/C18H19NO4/c1-18(2,3)23-17(22)19-13-10-8-12(9-11-13)14-6-4-5-7-15(14)16(20)21/h4-11H,1-3H3,(H,19,22)(H,20,21). The second-order valence-corrected chi connectivity index (χ2v) is 6.05. The van der Waals surface area contributed by atoms with Gasteiger partial charge in [-0.2, -0.15) is 0 Å². The van der Waals surface area contributed by atoms with Crippen molar-refractivity contribution in [3.05, 3.63) is 54.1 Å². The van der Waals surface area contributed by atoms with E-state index in [-0.39, 0.29) is 5.56 Å². The molecule has 0 radical (unpaired) electrons. The lowest BCUT2D eigenvalue weighted by atomic mass is 9.99. The van der Waals surface area contributed by atoms with Gasteiger partial charge in [0.25, 0.3) is 0 Å². The van der Waals surface area contributed by atoms with Gasteiger partial charge in [0.05, 0.1) is 5.56 Å². The van der Waals surface area contributed by atoms with Crippen molar-refractivity contribution in [1.29, 1.82) is 0 Å². The second kappa shape index (κ2) is 6.52. The molecule has 0 aliphatic heterocycles. The number of hydrogen-bond acceptors (Lipinski definition) is 3. The summed E-state index contributed by atoms with van der Waals surface area (Å²) in [5, 5.41) is 11.9. The van der Waals surface area contributed by atoms with E-state index < -0.39 is 17.7 Å². The molecule has 23 heavy (non-hydrogen) atoms. The fourth-order valence-electron chi connectivity index (χ4n) is 2.08.